The van der Waals surface area contributed by atoms with Gasteiger partial charge in [-0.15, -0.1) is 0 Å². The van der Waals surface area contributed by atoms with Gasteiger partial charge in [0.1, 0.15) is 19.3 Å². The first-order valence-corrected chi connectivity index (χ1v) is 49.7. The number of phosphoric acid groups is 2. The van der Waals surface area contributed by atoms with Gasteiger partial charge >= 0.3 is 39.5 Å². The third-order valence-corrected chi connectivity index (χ3v) is 23.5. The fourth-order valence-corrected chi connectivity index (χ4v) is 15.7. The van der Waals surface area contributed by atoms with Crippen molar-refractivity contribution in [3.63, 3.8) is 0 Å². The van der Waals surface area contributed by atoms with Gasteiger partial charge in [0.15, 0.2) is 12.2 Å². The fourth-order valence-electron chi connectivity index (χ4n) is 14.1. The summed E-state index contributed by atoms with van der Waals surface area (Å²) in [5.74, 6) is -1.29. The number of aliphatic hydroxyl groups is 1. The zero-order valence-corrected chi connectivity index (χ0v) is 73.5. The van der Waals surface area contributed by atoms with E-state index in [2.05, 4.69) is 34.6 Å². The lowest BCUT2D eigenvalue weighted by molar-refractivity contribution is -0.161. The SMILES string of the molecule is CCCCCCCCCCCCCCCCCCCCCCCCC(=O)OC[C@H](COP(=O)(O)OC[C@@H](O)COP(=O)(O)OC[C@@H](COC(=O)CCCCCCCCCCCCC)OC(=O)CCCCCCCCCCCCC(C)CC)OC(=O)CCCCCCCCCCCCCCCCCCCCCCCC. The molecule has 19 heteroatoms. The van der Waals surface area contributed by atoms with Crippen molar-refractivity contribution < 1.29 is 80.2 Å². The van der Waals surface area contributed by atoms with E-state index in [1.54, 1.807) is 0 Å². The minimum atomic E-state index is -4.97. The molecule has 0 fully saturated rings. The van der Waals surface area contributed by atoms with Crippen molar-refractivity contribution in [1.29, 1.82) is 0 Å². The average Bonchev–Trinajstić information content (AvgIpc) is 0.917. The highest BCUT2D eigenvalue weighted by Gasteiger charge is 2.31. The number of phosphoric ester groups is 2. The van der Waals surface area contributed by atoms with Gasteiger partial charge in [0.05, 0.1) is 26.4 Å². The van der Waals surface area contributed by atoms with Gasteiger partial charge < -0.3 is 33.8 Å². The molecule has 0 rings (SSSR count). The summed E-state index contributed by atoms with van der Waals surface area (Å²) < 4.78 is 69.0. The second kappa shape index (κ2) is 82.6. The van der Waals surface area contributed by atoms with E-state index in [0.29, 0.717) is 25.7 Å². The van der Waals surface area contributed by atoms with Gasteiger partial charge in [-0.05, 0) is 31.6 Å². The molecule has 0 amide bonds. The van der Waals surface area contributed by atoms with Crippen LogP contribution in [0.2, 0.25) is 0 Å². The van der Waals surface area contributed by atoms with Crippen LogP contribution in [0.1, 0.15) is 490 Å². The van der Waals surface area contributed by atoms with Gasteiger partial charge in [-0.3, -0.25) is 37.3 Å². The minimum Gasteiger partial charge on any atom is -0.462 e. The van der Waals surface area contributed by atoms with Gasteiger partial charge in [0.25, 0.3) is 0 Å². The van der Waals surface area contributed by atoms with Gasteiger partial charge in [0, 0.05) is 25.7 Å². The molecule has 3 unspecified atom stereocenters. The number of hydrogen-bond acceptors (Lipinski definition) is 15. The molecule has 0 bridgehead atoms. The topological polar surface area (TPSA) is 237 Å². The normalized spacial score (nSPS) is 13.9. The summed E-state index contributed by atoms with van der Waals surface area (Å²) in [5, 5.41) is 10.7. The Bertz CT molecular complexity index is 2070. The van der Waals surface area contributed by atoms with Crippen LogP contribution in [0.5, 0.6) is 0 Å². The standard InChI is InChI=1S/C90H176O17P2/c1-6-10-13-16-19-22-25-27-29-31-33-35-37-39-41-43-45-48-54-59-64-69-74-88(93)101-80-85(106-89(94)75-70-65-60-55-49-46-44-42-40-38-36-34-32-30-28-26-23-20-17-14-11-7-2)81-104-108(96,97)102-77-84(91)78-103-109(98,99)105-82-86(79-100-87(92)73-68-63-58-53-47-24-21-18-15-12-8-3)107-90(95)76-71-66-61-56-51-50-52-57-62-67-72-83(5)9-4/h83-86,91H,6-82H2,1-5H3,(H,96,97)(H,98,99)/t83?,84-,85-,86-/m1/s1. The lowest BCUT2D eigenvalue weighted by Gasteiger charge is -2.21. The van der Waals surface area contributed by atoms with Crippen LogP contribution in [0.25, 0.3) is 0 Å². The monoisotopic (exact) mass is 1590 g/mol. The molecular weight excluding hydrogens is 1410 g/mol. The maximum absolute atomic E-state index is 13.2. The van der Waals surface area contributed by atoms with E-state index in [9.17, 15) is 43.2 Å². The average molecular weight is 1590 g/mol. The number of esters is 4. The summed E-state index contributed by atoms with van der Waals surface area (Å²) in [4.78, 5) is 73.3. The van der Waals surface area contributed by atoms with E-state index in [1.165, 1.54) is 315 Å². The zero-order chi connectivity index (χ0) is 79.7. The first-order valence-electron chi connectivity index (χ1n) is 46.7. The number of unbranched alkanes of at least 4 members (excludes halogenated alkanes) is 61. The van der Waals surface area contributed by atoms with Crippen molar-refractivity contribution in [3.05, 3.63) is 0 Å². The number of rotatable bonds is 90. The van der Waals surface area contributed by atoms with Crippen molar-refractivity contribution in [3.8, 4) is 0 Å². The predicted molar refractivity (Wildman–Crippen MR) is 451 cm³/mol. The quantitative estimate of drug-likeness (QED) is 0.0222. The Balaban J connectivity index is 5.21. The molecule has 109 heavy (non-hydrogen) atoms. The van der Waals surface area contributed by atoms with E-state index >= 15 is 0 Å². The van der Waals surface area contributed by atoms with Crippen molar-refractivity contribution in [2.45, 2.75) is 509 Å². The van der Waals surface area contributed by atoms with Crippen LogP contribution in [0.15, 0.2) is 0 Å². The first kappa shape index (κ1) is 107. The maximum Gasteiger partial charge on any atom is 0.472 e. The molecule has 17 nitrogen and oxygen atoms in total. The Morgan fingerprint density at radius 1 is 0.257 bits per heavy atom. The van der Waals surface area contributed by atoms with E-state index < -0.39 is 97.5 Å². The van der Waals surface area contributed by atoms with Crippen LogP contribution in [-0.4, -0.2) is 96.7 Å². The molecule has 0 heterocycles. The fraction of sp³-hybridized carbons (Fsp3) is 0.956. The van der Waals surface area contributed by atoms with E-state index in [4.69, 9.17) is 37.0 Å². The van der Waals surface area contributed by atoms with Crippen molar-refractivity contribution >= 4 is 39.5 Å². The lowest BCUT2D eigenvalue weighted by atomic mass is 9.99. The highest BCUT2D eigenvalue weighted by molar-refractivity contribution is 7.47. The third kappa shape index (κ3) is 82.4. The molecule has 0 saturated carbocycles. The molecule has 0 aromatic heterocycles. The molecule has 0 aliphatic carbocycles. The number of carbonyl (C=O) groups excluding carboxylic acids is 4. The van der Waals surface area contributed by atoms with Crippen LogP contribution in [0.3, 0.4) is 0 Å². The minimum absolute atomic E-state index is 0.107. The van der Waals surface area contributed by atoms with E-state index in [0.717, 1.165) is 95.8 Å². The third-order valence-electron chi connectivity index (χ3n) is 21.6. The Morgan fingerprint density at radius 2 is 0.440 bits per heavy atom. The Kier molecular flexibility index (Phi) is 81.1. The summed E-state index contributed by atoms with van der Waals surface area (Å²) in [6.07, 6.45) is 77.9. The van der Waals surface area contributed by atoms with E-state index in [1.807, 2.05) is 0 Å². The molecule has 0 spiro atoms. The highest BCUT2D eigenvalue weighted by atomic mass is 31.2. The highest BCUT2D eigenvalue weighted by Crippen LogP contribution is 2.45. The summed E-state index contributed by atoms with van der Waals surface area (Å²) in [6.45, 7) is 7.40. The Labute approximate surface area is 670 Å². The molecule has 6 atom stereocenters. The van der Waals surface area contributed by atoms with Gasteiger partial charge in [-0.1, -0.05) is 439 Å². The van der Waals surface area contributed by atoms with Crippen molar-refractivity contribution in [2.75, 3.05) is 39.6 Å². The molecule has 0 saturated heterocycles. The largest absolute Gasteiger partial charge is 0.472 e. The second-order valence-electron chi connectivity index (χ2n) is 32.6. The van der Waals surface area contributed by atoms with Crippen LogP contribution in [0, 0.1) is 5.92 Å². The molecule has 0 aromatic carbocycles. The van der Waals surface area contributed by atoms with Crippen molar-refractivity contribution in [1.82, 2.24) is 0 Å². The summed E-state index contributed by atoms with van der Waals surface area (Å²) >= 11 is 0. The van der Waals surface area contributed by atoms with Crippen LogP contribution >= 0.6 is 15.6 Å². The second-order valence-corrected chi connectivity index (χ2v) is 35.5. The number of hydrogen-bond donors (Lipinski definition) is 3. The molecule has 648 valence electrons. The number of carbonyl (C=O) groups is 4. The predicted octanol–water partition coefficient (Wildman–Crippen LogP) is 27.9. The molecule has 0 aliphatic heterocycles. The molecule has 3 N–H and O–H groups in total. The number of aliphatic hydroxyl groups excluding tert-OH is 1. The Hall–Kier alpha value is -1.94. The molecule has 0 aromatic rings. The van der Waals surface area contributed by atoms with Gasteiger partial charge in [-0.2, -0.15) is 0 Å². The maximum atomic E-state index is 13.2. The number of ether oxygens (including phenoxy) is 4. The van der Waals surface area contributed by atoms with Crippen LogP contribution in [-0.2, 0) is 65.4 Å². The molecule has 0 aliphatic rings. The smallest absolute Gasteiger partial charge is 0.462 e. The van der Waals surface area contributed by atoms with Crippen LogP contribution < -0.4 is 0 Å². The van der Waals surface area contributed by atoms with E-state index in [-0.39, 0.29) is 25.7 Å². The summed E-state index contributed by atoms with van der Waals surface area (Å²) in [6, 6.07) is 0. The molecule has 0 radical (unpaired) electrons. The molecular formula is C90H176O17P2. The zero-order valence-electron chi connectivity index (χ0n) is 71.7. The van der Waals surface area contributed by atoms with Crippen molar-refractivity contribution in [2.24, 2.45) is 5.92 Å². The van der Waals surface area contributed by atoms with Gasteiger partial charge in [-0.25, -0.2) is 9.13 Å². The first-order chi connectivity index (χ1) is 53.1. The summed E-state index contributed by atoms with van der Waals surface area (Å²) in [7, 11) is -9.93. The lowest BCUT2D eigenvalue weighted by Crippen LogP contribution is -2.30. The Morgan fingerprint density at radius 3 is 0.651 bits per heavy atom. The van der Waals surface area contributed by atoms with Crippen LogP contribution in [0.4, 0.5) is 0 Å². The summed E-state index contributed by atoms with van der Waals surface area (Å²) in [5.41, 5.74) is 0. The van der Waals surface area contributed by atoms with Gasteiger partial charge in [0.2, 0.25) is 0 Å².